The van der Waals surface area contributed by atoms with Crippen LogP contribution in [0.3, 0.4) is 0 Å². The van der Waals surface area contributed by atoms with Gasteiger partial charge in [-0.1, -0.05) is 24.3 Å². The molecule has 1 aliphatic heterocycles. The van der Waals surface area contributed by atoms with E-state index in [0.29, 0.717) is 12.1 Å². The number of aromatic amines is 1. The molecule has 0 saturated carbocycles. The van der Waals surface area contributed by atoms with E-state index in [0.717, 1.165) is 41.8 Å². The molecule has 6 nitrogen and oxygen atoms in total. The van der Waals surface area contributed by atoms with Gasteiger partial charge in [0.05, 0.1) is 23.6 Å². The van der Waals surface area contributed by atoms with E-state index in [4.69, 9.17) is 4.98 Å². The maximum atomic E-state index is 13.1. The average Bonchev–Trinajstić information content (AvgIpc) is 3.47. The summed E-state index contributed by atoms with van der Waals surface area (Å²) in [5, 5.41) is 4.22. The van der Waals surface area contributed by atoms with Crippen molar-refractivity contribution in [3.05, 3.63) is 83.9 Å². The lowest BCUT2D eigenvalue weighted by Gasteiger charge is -2.23. The van der Waals surface area contributed by atoms with Crippen molar-refractivity contribution in [1.29, 1.82) is 0 Å². The standard InChI is InChI=1S/C22H21N5O/c28-22(17-10-8-16(9-11-17)15-26-13-4-12-23-26)27-14-3-7-20(27)21-24-18-5-1-2-6-19(18)25-21/h1-2,4-6,8-13,20H,3,7,14-15H2,(H,24,25)/t20-/m1/s1. The molecule has 1 fully saturated rings. The highest BCUT2D eigenvalue weighted by atomic mass is 16.2. The first-order valence-corrected chi connectivity index (χ1v) is 9.60. The van der Waals surface area contributed by atoms with Gasteiger partial charge in [0.25, 0.3) is 5.91 Å². The third kappa shape index (κ3) is 3.07. The van der Waals surface area contributed by atoms with Crippen LogP contribution in [0.2, 0.25) is 0 Å². The van der Waals surface area contributed by atoms with Crippen molar-refractivity contribution in [2.75, 3.05) is 6.54 Å². The lowest BCUT2D eigenvalue weighted by Crippen LogP contribution is -2.31. The van der Waals surface area contributed by atoms with E-state index in [-0.39, 0.29) is 11.9 Å². The first-order chi connectivity index (χ1) is 13.8. The number of imidazole rings is 1. The van der Waals surface area contributed by atoms with E-state index >= 15 is 0 Å². The number of para-hydroxylation sites is 2. The van der Waals surface area contributed by atoms with Gasteiger partial charge >= 0.3 is 0 Å². The largest absolute Gasteiger partial charge is 0.340 e. The lowest BCUT2D eigenvalue weighted by molar-refractivity contribution is 0.0730. The third-order valence-corrected chi connectivity index (χ3v) is 5.34. The molecular weight excluding hydrogens is 350 g/mol. The van der Waals surface area contributed by atoms with Crippen LogP contribution in [0, 0.1) is 0 Å². The van der Waals surface area contributed by atoms with E-state index in [1.165, 1.54) is 0 Å². The van der Waals surface area contributed by atoms with Gasteiger partial charge in [0.2, 0.25) is 0 Å². The monoisotopic (exact) mass is 371 g/mol. The van der Waals surface area contributed by atoms with Crippen molar-refractivity contribution in [3.8, 4) is 0 Å². The van der Waals surface area contributed by atoms with Gasteiger partial charge in [-0.25, -0.2) is 4.98 Å². The maximum Gasteiger partial charge on any atom is 0.254 e. The molecule has 4 aromatic rings. The number of rotatable bonds is 4. The first kappa shape index (κ1) is 16.7. The van der Waals surface area contributed by atoms with Crippen LogP contribution in [0.1, 0.15) is 40.6 Å². The fraction of sp³-hybridized carbons (Fsp3) is 0.227. The fourth-order valence-corrected chi connectivity index (χ4v) is 3.92. The molecule has 0 unspecified atom stereocenters. The Kier molecular flexibility index (Phi) is 4.16. The molecule has 1 N–H and O–H groups in total. The van der Waals surface area contributed by atoms with Gasteiger partial charge in [-0.2, -0.15) is 5.10 Å². The number of benzene rings is 2. The minimum absolute atomic E-state index is 0.00338. The summed E-state index contributed by atoms with van der Waals surface area (Å²) in [6, 6.07) is 17.7. The van der Waals surface area contributed by atoms with Gasteiger partial charge in [0.1, 0.15) is 5.82 Å². The topological polar surface area (TPSA) is 66.8 Å². The second kappa shape index (κ2) is 6.96. The number of hydrogen-bond acceptors (Lipinski definition) is 3. The van der Waals surface area contributed by atoms with Crippen LogP contribution in [0.5, 0.6) is 0 Å². The molecule has 0 radical (unpaired) electrons. The summed E-state index contributed by atoms with van der Waals surface area (Å²) >= 11 is 0. The molecule has 1 saturated heterocycles. The first-order valence-electron chi connectivity index (χ1n) is 9.60. The molecule has 1 aliphatic rings. The number of likely N-dealkylation sites (tertiary alicyclic amines) is 1. The van der Waals surface area contributed by atoms with E-state index in [9.17, 15) is 4.79 Å². The van der Waals surface area contributed by atoms with Crippen molar-refractivity contribution in [3.63, 3.8) is 0 Å². The van der Waals surface area contributed by atoms with Crippen LogP contribution >= 0.6 is 0 Å². The highest BCUT2D eigenvalue weighted by Crippen LogP contribution is 2.32. The summed E-state index contributed by atoms with van der Waals surface area (Å²) in [7, 11) is 0. The van der Waals surface area contributed by atoms with Crippen LogP contribution < -0.4 is 0 Å². The number of nitrogens with zero attached hydrogens (tertiary/aromatic N) is 4. The molecular formula is C22H21N5O. The number of nitrogens with one attached hydrogen (secondary N) is 1. The Morgan fingerprint density at radius 1 is 1.11 bits per heavy atom. The highest BCUT2D eigenvalue weighted by molar-refractivity contribution is 5.94. The van der Waals surface area contributed by atoms with Crippen molar-refractivity contribution in [2.24, 2.45) is 0 Å². The lowest BCUT2D eigenvalue weighted by atomic mass is 10.1. The smallest absolute Gasteiger partial charge is 0.254 e. The summed E-state index contributed by atoms with van der Waals surface area (Å²) in [5.74, 6) is 0.941. The Morgan fingerprint density at radius 2 is 1.96 bits per heavy atom. The van der Waals surface area contributed by atoms with Crippen LogP contribution in [0.4, 0.5) is 0 Å². The number of carbonyl (C=O) groups excluding carboxylic acids is 1. The molecule has 0 bridgehead atoms. The quantitative estimate of drug-likeness (QED) is 0.594. The fourth-order valence-electron chi connectivity index (χ4n) is 3.92. The number of fused-ring (bicyclic) bond motifs is 1. The van der Waals surface area contributed by atoms with Gasteiger partial charge in [-0.05, 0) is 48.7 Å². The zero-order valence-electron chi connectivity index (χ0n) is 15.5. The van der Waals surface area contributed by atoms with E-state index in [1.54, 1.807) is 6.20 Å². The molecule has 0 aliphatic carbocycles. The van der Waals surface area contributed by atoms with Gasteiger partial charge < -0.3 is 9.88 Å². The number of carbonyl (C=O) groups is 1. The normalized spacial score (nSPS) is 16.7. The third-order valence-electron chi connectivity index (χ3n) is 5.34. The Bertz CT molecular complexity index is 1060. The highest BCUT2D eigenvalue weighted by Gasteiger charge is 2.32. The molecule has 1 amide bonds. The number of amides is 1. The Morgan fingerprint density at radius 3 is 2.75 bits per heavy atom. The van der Waals surface area contributed by atoms with Gasteiger partial charge in [0, 0.05) is 24.5 Å². The van der Waals surface area contributed by atoms with Gasteiger partial charge in [0.15, 0.2) is 0 Å². The number of aromatic nitrogens is 4. The predicted octanol–water partition coefficient (Wildman–Crippen LogP) is 3.79. The molecule has 5 rings (SSSR count). The summed E-state index contributed by atoms with van der Waals surface area (Å²) in [4.78, 5) is 23.2. The SMILES string of the molecule is O=C(c1ccc(Cn2cccn2)cc1)N1CCC[C@@H]1c1nc2ccccc2[nH]1. The molecule has 1 atom stereocenters. The molecule has 3 heterocycles. The molecule has 2 aromatic heterocycles. The maximum absolute atomic E-state index is 13.1. The zero-order chi connectivity index (χ0) is 18.9. The second-order valence-electron chi connectivity index (χ2n) is 7.20. The van der Waals surface area contributed by atoms with Crippen LogP contribution in [0.25, 0.3) is 11.0 Å². The van der Waals surface area contributed by atoms with Gasteiger partial charge in [-0.3, -0.25) is 9.48 Å². The Balaban J connectivity index is 1.36. The van der Waals surface area contributed by atoms with E-state index < -0.39 is 0 Å². The van der Waals surface area contributed by atoms with Crippen molar-refractivity contribution in [2.45, 2.75) is 25.4 Å². The minimum atomic E-state index is 0.00338. The minimum Gasteiger partial charge on any atom is -0.340 e. The Labute approximate surface area is 162 Å². The zero-order valence-corrected chi connectivity index (χ0v) is 15.5. The number of hydrogen-bond donors (Lipinski definition) is 1. The van der Waals surface area contributed by atoms with Crippen molar-refractivity contribution < 1.29 is 4.79 Å². The predicted molar refractivity (Wildman–Crippen MR) is 107 cm³/mol. The summed E-state index contributed by atoms with van der Waals surface area (Å²) in [6.07, 6.45) is 5.62. The summed E-state index contributed by atoms with van der Waals surface area (Å²) in [6.45, 7) is 1.46. The summed E-state index contributed by atoms with van der Waals surface area (Å²) < 4.78 is 1.87. The molecule has 140 valence electrons. The van der Waals surface area contributed by atoms with Gasteiger partial charge in [-0.15, -0.1) is 0 Å². The molecule has 28 heavy (non-hydrogen) atoms. The van der Waals surface area contributed by atoms with Crippen molar-refractivity contribution >= 4 is 16.9 Å². The molecule has 2 aromatic carbocycles. The molecule has 0 spiro atoms. The van der Waals surface area contributed by atoms with Crippen LogP contribution in [-0.4, -0.2) is 37.1 Å². The van der Waals surface area contributed by atoms with E-state index in [1.807, 2.05) is 70.4 Å². The van der Waals surface area contributed by atoms with Crippen LogP contribution in [0.15, 0.2) is 67.0 Å². The van der Waals surface area contributed by atoms with E-state index in [2.05, 4.69) is 10.1 Å². The second-order valence-corrected chi connectivity index (χ2v) is 7.20. The Hall–Kier alpha value is -3.41. The van der Waals surface area contributed by atoms with Crippen LogP contribution in [-0.2, 0) is 6.54 Å². The van der Waals surface area contributed by atoms with Crippen molar-refractivity contribution in [1.82, 2.24) is 24.6 Å². The average molecular weight is 371 g/mol. The number of H-pyrrole nitrogens is 1. The molecule has 6 heteroatoms. The summed E-state index contributed by atoms with van der Waals surface area (Å²) in [5.41, 5.74) is 3.79.